The highest BCUT2D eigenvalue weighted by molar-refractivity contribution is 5.57. The van der Waals surface area contributed by atoms with E-state index in [9.17, 15) is 5.11 Å². The molecule has 0 spiro atoms. The third-order valence-corrected chi connectivity index (χ3v) is 5.42. The first-order valence-electron chi connectivity index (χ1n) is 8.35. The van der Waals surface area contributed by atoms with Crippen LogP contribution in [0.3, 0.4) is 0 Å². The zero-order valence-electron chi connectivity index (χ0n) is 13.6. The van der Waals surface area contributed by atoms with Gasteiger partial charge in [0.25, 0.3) is 0 Å². The molecule has 120 valence electrons. The summed E-state index contributed by atoms with van der Waals surface area (Å²) in [4.78, 5) is 2.45. The summed E-state index contributed by atoms with van der Waals surface area (Å²) in [6, 6.07) is 8.78. The Morgan fingerprint density at radius 1 is 1.18 bits per heavy atom. The number of fused-ring (bicyclic) bond motifs is 1. The second kappa shape index (κ2) is 6.84. The van der Waals surface area contributed by atoms with Crippen molar-refractivity contribution in [2.24, 2.45) is 11.8 Å². The minimum absolute atomic E-state index is 0.0355. The average molecular weight is 301 g/mol. The number of aliphatic hydroxyl groups excluding tert-OH is 1. The Bertz CT molecular complexity index is 514. The normalized spacial score (nSPS) is 31.1. The van der Waals surface area contributed by atoms with Gasteiger partial charge in [-0.25, -0.2) is 0 Å². The first-order chi connectivity index (χ1) is 10.7. The van der Waals surface area contributed by atoms with E-state index < -0.39 is 0 Å². The molecule has 3 heteroatoms. The Hall–Kier alpha value is -1.32. The minimum atomic E-state index is -0.0355. The number of nitrogens with zero attached hydrogens (tertiary/aromatic N) is 1. The molecule has 0 aromatic heterocycles. The summed E-state index contributed by atoms with van der Waals surface area (Å²) in [6.07, 6.45) is 8.88. The van der Waals surface area contributed by atoms with Gasteiger partial charge in [-0.05, 0) is 50.6 Å². The summed E-state index contributed by atoms with van der Waals surface area (Å²) in [6.45, 7) is 0.963. The quantitative estimate of drug-likeness (QED) is 0.906. The lowest BCUT2D eigenvalue weighted by Crippen LogP contribution is -2.30. The average Bonchev–Trinajstić information content (AvgIpc) is 3.05. The predicted octanol–water partition coefficient (Wildman–Crippen LogP) is 3.19. The molecule has 2 aliphatic rings. The van der Waals surface area contributed by atoms with Crippen molar-refractivity contribution < 1.29 is 9.84 Å². The van der Waals surface area contributed by atoms with E-state index in [2.05, 4.69) is 30.2 Å². The van der Waals surface area contributed by atoms with Gasteiger partial charge in [-0.2, -0.15) is 0 Å². The van der Waals surface area contributed by atoms with E-state index in [1.165, 1.54) is 12.8 Å². The van der Waals surface area contributed by atoms with Crippen LogP contribution in [0.5, 0.6) is 5.75 Å². The molecule has 2 unspecified atom stereocenters. The Morgan fingerprint density at radius 3 is 2.55 bits per heavy atom. The molecule has 1 aromatic carbocycles. The van der Waals surface area contributed by atoms with Gasteiger partial charge >= 0.3 is 0 Å². The Balaban J connectivity index is 1.52. The molecule has 2 aliphatic carbocycles. The number of benzene rings is 1. The van der Waals surface area contributed by atoms with Gasteiger partial charge in [0.05, 0.1) is 13.2 Å². The van der Waals surface area contributed by atoms with Crippen molar-refractivity contribution in [1.82, 2.24) is 4.90 Å². The van der Waals surface area contributed by atoms with E-state index in [0.29, 0.717) is 6.04 Å². The lowest BCUT2D eigenvalue weighted by molar-refractivity contribution is 0.162. The molecule has 0 bridgehead atoms. The van der Waals surface area contributed by atoms with Crippen LogP contribution in [0.2, 0.25) is 0 Å². The van der Waals surface area contributed by atoms with Crippen LogP contribution in [0.1, 0.15) is 31.2 Å². The first-order valence-corrected chi connectivity index (χ1v) is 8.35. The number of ether oxygens (including phenoxy) is 1. The summed E-state index contributed by atoms with van der Waals surface area (Å²) in [7, 11) is 3.93. The molecule has 0 amide bonds. The number of methoxy groups -OCH3 is 1. The van der Waals surface area contributed by atoms with Gasteiger partial charge in [-0.3, -0.25) is 4.90 Å². The summed E-state index contributed by atoms with van der Waals surface area (Å²) < 4.78 is 5.37. The number of hydrogen-bond donors (Lipinski definition) is 1. The van der Waals surface area contributed by atoms with Crippen molar-refractivity contribution >= 4 is 6.08 Å². The number of rotatable bonds is 5. The number of para-hydroxylation sites is 1. The minimum Gasteiger partial charge on any atom is -0.496 e. The molecule has 2 saturated carbocycles. The van der Waals surface area contributed by atoms with E-state index >= 15 is 0 Å². The Morgan fingerprint density at radius 2 is 1.86 bits per heavy atom. The zero-order valence-corrected chi connectivity index (χ0v) is 13.6. The number of likely N-dealkylation sites (N-methyl/N-ethyl adjacent to an activating group) is 1. The van der Waals surface area contributed by atoms with Crippen LogP contribution in [0, 0.1) is 11.8 Å². The number of aliphatic hydroxyl groups is 1. The number of hydrogen-bond acceptors (Lipinski definition) is 3. The standard InChI is InChI=1S/C19H27NO2/c1-20(17-10-15-12-18(21)13-16(15)11-17)9-5-7-14-6-3-4-8-19(14)22-2/h3-8,15-18,21H,9-13H2,1-2H3/b7-5+/t15-,16+,17?,18?. The molecule has 2 fully saturated rings. The molecular formula is C19H27NO2. The summed E-state index contributed by atoms with van der Waals surface area (Å²) in [5.41, 5.74) is 1.13. The van der Waals surface area contributed by atoms with E-state index in [-0.39, 0.29) is 6.10 Å². The van der Waals surface area contributed by atoms with Crippen molar-refractivity contribution in [2.75, 3.05) is 20.7 Å². The highest BCUT2D eigenvalue weighted by Crippen LogP contribution is 2.45. The maximum Gasteiger partial charge on any atom is 0.126 e. The van der Waals surface area contributed by atoms with Gasteiger partial charge in [0.15, 0.2) is 0 Å². The predicted molar refractivity (Wildman–Crippen MR) is 89.9 cm³/mol. The lowest BCUT2D eigenvalue weighted by atomic mass is 10.0. The van der Waals surface area contributed by atoms with Gasteiger partial charge in [0.1, 0.15) is 5.75 Å². The smallest absolute Gasteiger partial charge is 0.126 e. The van der Waals surface area contributed by atoms with Gasteiger partial charge in [-0.15, -0.1) is 0 Å². The molecular weight excluding hydrogens is 274 g/mol. The molecule has 1 aromatic rings. The third-order valence-electron chi connectivity index (χ3n) is 5.42. The van der Waals surface area contributed by atoms with Crippen molar-refractivity contribution in [3.63, 3.8) is 0 Å². The molecule has 0 saturated heterocycles. The maximum absolute atomic E-state index is 9.74. The second-order valence-corrected chi connectivity index (χ2v) is 6.85. The third kappa shape index (κ3) is 3.36. The van der Waals surface area contributed by atoms with Crippen molar-refractivity contribution in [1.29, 1.82) is 0 Å². The SMILES string of the molecule is COc1ccccc1/C=C/CN(C)C1C[C@H]2CC(O)C[C@H]2C1. The fraction of sp³-hybridized carbons (Fsp3) is 0.579. The second-order valence-electron chi connectivity index (χ2n) is 6.85. The van der Waals surface area contributed by atoms with Gasteiger partial charge in [0.2, 0.25) is 0 Å². The van der Waals surface area contributed by atoms with Crippen LogP contribution in [-0.2, 0) is 0 Å². The van der Waals surface area contributed by atoms with Crippen LogP contribution in [-0.4, -0.2) is 42.9 Å². The molecule has 0 aliphatic heterocycles. The first kappa shape index (κ1) is 15.6. The largest absolute Gasteiger partial charge is 0.496 e. The van der Waals surface area contributed by atoms with Crippen LogP contribution in [0.25, 0.3) is 6.08 Å². The summed E-state index contributed by atoms with van der Waals surface area (Å²) >= 11 is 0. The summed E-state index contributed by atoms with van der Waals surface area (Å²) in [5.74, 6) is 2.42. The molecule has 0 heterocycles. The lowest BCUT2D eigenvalue weighted by Gasteiger charge is -2.24. The molecule has 1 N–H and O–H groups in total. The highest BCUT2D eigenvalue weighted by atomic mass is 16.5. The van der Waals surface area contributed by atoms with E-state index in [1.54, 1.807) is 7.11 Å². The van der Waals surface area contributed by atoms with Crippen molar-refractivity contribution in [3.05, 3.63) is 35.9 Å². The van der Waals surface area contributed by atoms with Crippen LogP contribution in [0.4, 0.5) is 0 Å². The van der Waals surface area contributed by atoms with Crippen LogP contribution in [0.15, 0.2) is 30.3 Å². The Labute approximate surface area is 133 Å². The fourth-order valence-electron chi connectivity index (χ4n) is 4.21. The van der Waals surface area contributed by atoms with E-state index in [4.69, 9.17) is 4.74 Å². The van der Waals surface area contributed by atoms with Crippen molar-refractivity contribution in [2.45, 2.75) is 37.8 Å². The summed E-state index contributed by atoms with van der Waals surface area (Å²) in [5, 5.41) is 9.74. The zero-order chi connectivity index (χ0) is 15.5. The van der Waals surface area contributed by atoms with Gasteiger partial charge in [0, 0.05) is 18.2 Å². The molecule has 3 rings (SSSR count). The van der Waals surface area contributed by atoms with Gasteiger partial charge < -0.3 is 9.84 Å². The van der Waals surface area contributed by atoms with E-state index in [0.717, 1.165) is 42.5 Å². The highest BCUT2D eigenvalue weighted by Gasteiger charge is 2.41. The van der Waals surface area contributed by atoms with E-state index in [1.807, 2.05) is 18.2 Å². The fourth-order valence-corrected chi connectivity index (χ4v) is 4.21. The topological polar surface area (TPSA) is 32.7 Å². The van der Waals surface area contributed by atoms with Crippen LogP contribution < -0.4 is 4.74 Å². The molecule has 4 atom stereocenters. The molecule has 22 heavy (non-hydrogen) atoms. The Kier molecular flexibility index (Phi) is 4.84. The molecule has 0 radical (unpaired) electrons. The monoisotopic (exact) mass is 301 g/mol. The molecule has 3 nitrogen and oxygen atoms in total. The van der Waals surface area contributed by atoms with Gasteiger partial charge in [-0.1, -0.05) is 30.4 Å². The van der Waals surface area contributed by atoms with Crippen LogP contribution >= 0.6 is 0 Å². The maximum atomic E-state index is 9.74. The van der Waals surface area contributed by atoms with Crippen molar-refractivity contribution in [3.8, 4) is 5.75 Å².